The molecule has 0 radical (unpaired) electrons. The lowest BCUT2D eigenvalue weighted by atomic mass is 9.91. The lowest BCUT2D eigenvalue weighted by Gasteiger charge is -2.13. The molecule has 8 aromatic carbocycles. The van der Waals surface area contributed by atoms with Gasteiger partial charge in [-0.05, 0) is 111 Å². The van der Waals surface area contributed by atoms with Gasteiger partial charge in [-0.3, -0.25) is 0 Å². The van der Waals surface area contributed by atoms with Crippen LogP contribution in [0.5, 0.6) is 0 Å². The van der Waals surface area contributed by atoms with Gasteiger partial charge in [-0.15, -0.1) is 0 Å². The van der Waals surface area contributed by atoms with Crippen molar-refractivity contribution in [2.45, 2.75) is 12.3 Å². The molecule has 1 atom stereocenters. The van der Waals surface area contributed by atoms with Crippen LogP contribution in [-0.2, 0) is 0 Å². The number of benzene rings is 8. The Hall–Kier alpha value is -7.16. The highest BCUT2D eigenvalue weighted by molar-refractivity contribution is 6.22. The van der Waals surface area contributed by atoms with Gasteiger partial charge in [0, 0.05) is 27.5 Å². The molecule has 1 aliphatic rings. The van der Waals surface area contributed by atoms with E-state index in [0.717, 1.165) is 72.6 Å². The fourth-order valence-corrected chi connectivity index (χ4v) is 8.51. The van der Waals surface area contributed by atoms with Crippen LogP contribution in [0.2, 0.25) is 0 Å². The van der Waals surface area contributed by atoms with Crippen LogP contribution >= 0.6 is 0 Å². The molecule has 0 saturated heterocycles. The number of furan rings is 2. The van der Waals surface area contributed by atoms with Gasteiger partial charge >= 0.3 is 0 Å². The van der Waals surface area contributed by atoms with Crippen molar-refractivity contribution >= 4 is 43.9 Å². The van der Waals surface area contributed by atoms with Crippen LogP contribution in [0.15, 0.2) is 209 Å². The van der Waals surface area contributed by atoms with E-state index >= 15 is 0 Å². The molecule has 2 heterocycles. The number of rotatable bonds is 6. The van der Waals surface area contributed by atoms with Crippen LogP contribution in [0.3, 0.4) is 0 Å². The predicted octanol–water partition coefficient (Wildman–Crippen LogP) is 15.4. The van der Waals surface area contributed by atoms with Gasteiger partial charge in [-0.1, -0.05) is 152 Å². The summed E-state index contributed by atoms with van der Waals surface area (Å²) in [4.78, 5) is 0. The summed E-state index contributed by atoms with van der Waals surface area (Å²) >= 11 is 0. The lowest BCUT2D eigenvalue weighted by Crippen LogP contribution is -1.95. The van der Waals surface area contributed by atoms with E-state index in [4.69, 9.17) is 8.83 Å². The Morgan fingerprint density at radius 1 is 0.357 bits per heavy atom. The molecule has 0 N–H and O–H groups in total. The highest BCUT2D eigenvalue weighted by atomic mass is 16.3. The fourth-order valence-electron chi connectivity index (χ4n) is 8.51. The Morgan fingerprint density at radius 2 is 0.839 bits per heavy atom. The van der Waals surface area contributed by atoms with E-state index in [1.165, 1.54) is 38.9 Å². The fraction of sp³-hybridized carbons (Fsp3) is 0.0370. The second-order valence-electron chi connectivity index (χ2n) is 14.8. The predicted molar refractivity (Wildman–Crippen MR) is 234 cm³/mol. The van der Waals surface area contributed by atoms with Crippen molar-refractivity contribution in [3.8, 4) is 55.6 Å². The molecule has 10 aromatic rings. The molecular weight excluding hydrogens is 681 g/mol. The van der Waals surface area contributed by atoms with Gasteiger partial charge in [-0.2, -0.15) is 0 Å². The smallest absolute Gasteiger partial charge is 0.147 e. The number of hydrogen-bond donors (Lipinski definition) is 0. The monoisotopic (exact) mass is 716 g/mol. The minimum atomic E-state index is 0.356. The summed E-state index contributed by atoms with van der Waals surface area (Å²) < 4.78 is 13.4. The molecule has 11 rings (SSSR count). The Labute approximate surface area is 325 Å². The van der Waals surface area contributed by atoms with Gasteiger partial charge in [0.2, 0.25) is 0 Å². The molecular formula is C54H36O2. The first-order chi connectivity index (χ1) is 27.7. The minimum Gasteiger partial charge on any atom is -0.455 e. The Bertz CT molecular complexity index is 3070. The first kappa shape index (κ1) is 32.3. The minimum absolute atomic E-state index is 0.356. The second-order valence-corrected chi connectivity index (χ2v) is 14.8. The van der Waals surface area contributed by atoms with Crippen molar-refractivity contribution in [2.75, 3.05) is 0 Å². The third kappa shape index (κ3) is 5.58. The van der Waals surface area contributed by atoms with Gasteiger partial charge < -0.3 is 8.83 Å². The molecule has 0 spiro atoms. The number of hydrogen-bond acceptors (Lipinski definition) is 2. The molecule has 1 unspecified atom stereocenters. The molecule has 0 saturated carbocycles. The average Bonchev–Trinajstić information content (AvgIpc) is 3.84. The SMILES string of the molecule is C1=CCC(c2ccc3oc4c(-c5ccccc5)c5oc6ccc(-c7ccc(-c8cc(-c9ccccc9)cc(-c9ccccc9)c8)cc7)cc6c5cc4c3c2)C=C1. The third-order valence-corrected chi connectivity index (χ3v) is 11.4. The van der Waals surface area contributed by atoms with Gasteiger partial charge in [-0.25, -0.2) is 0 Å². The summed E-state index contributed by atoms with van der Waals surface area (Å²) in [6.07, 6.45) is 9.81. The van der Waals surface area contributed by atoms with Crippen LogP contribution < -0.4 is 0 Å². The molecule has 56 heavy (non-hydrogen) atoms. The molecule has 0 fully saturated rings. The van der Waals surface area contributed by atoms with Crippen LogP contribution in [0, 0.1) is 0 Å². The van der Waals surface area contributed by atoms with Crippen LogP contribution in [-0.4, -0.2) is 0 Å². The summed E-state index contributed by atoms with van der Waals surface area (Å²) in [5.41, 5.74) is 16.3. The van der Waals surface area contributed by atoms with Gasteiger partial charge in [0.15, 0.2) is 0 Å². The van der Waals surface area contributed by atoms with E-state index in [9.17, 15) is 0 Å². The molecule has 0 amide bonds. The van der Waals surface area contributed by atoms with Crippen molar-refractivity contribution < 1.29 is 8.83 Å². The van der Waals surface area contributed by atoms with Gasteiger partial charge in [0.05, 0.1) is 5.56 Å². The zero-order chi connectivity index (χ0) is 37.0. The summed E-state index contributed by atoms with van der Waals surface area (Å²) in [5.74, 6) is 0.356. The van der Waals surface area contributed by atoms with Crippen LogP contribution in [0.4, 0.5) is 0 Å². The summed E-state index contributed by atoms with van der Waals surface area (Å²) in [6.45, 7) is 0. The average molecular weight is 717 g/mol. The van der Waals surface area contributed by atoms with Gasteiger partial charge in [0.25, 0.3) is 0 Å². The van der Waals surface area contributed by atoms with E-state index in [1.54, 1.807) is 0 Å². The van der Waals surface area contributed by atoms with E-state index in [0.29, 0.717) is 5.92 Å². The van der Waals surface area contributed by atoms with Crippen LogP contribution in [0.25, 0.3) is 99.5 Å². The Kier molecular flexibility index (Phi) is 7.67. The maximum Gasteiger partial charge on any atom is 0.147 e. The maximum absolute atomic E-state index is 6.75. The van der Waals surface area contributed by atoms with E-state index in [2.05, 4.69) is 200 Å². The summed E-state index contributed by atoms with van der Waals surface area (Å²) in [7, 11) is 0. The van der Waals surface area contributed by atoms with E-state index in [1.807, 2.05) is 0 Å². The molecule has 2 nitrogen and oxygen atoms in total. The normalized spacial score (nSPS) is 14.0. The van der Waals surface area contributed by atoms with Crippen molar-refractivity contribution in [1.82, 2.24) is 0 Å². The zero-order valence-corrected chi connectivity index (χ0v) is 30.7. The third-order valence-electron chi connectivity index (χ3n) is 11.4. The highest BCUT2D eigenvalue weighted by Gasteiger charge is 2.22. The Balaban J connectivity index is 1.04. The van der Waals surface area contributed by atoms with Gasteiger partial charge in [0.1, 0.15) is 22.3 Å². The summed E-state index contributed by atoms with van der Waals surface area (Å²) in [6, 6.07) is 63.1. The molecule has 2 aromatic heterocycles. The van der Waals surface area contributed by atoms with E-state index < -0.39 is 0 Å². The highest BCUT2D eigenvalue weighted by Crippen LogP contribution is 2.46. The standard InChI is InChI=1S/C54H36O2/c1-5-13-35(14-6-1)41-25-27-50-46(32-41)48-34-49-47-33-42(26-28-51(47)56-54(49)52(53(48)55-50)40-19-11-4-12-20-40)38-21-23-39(24-22-38)45-30-43(36-15-7-2-8-16-36)29-44(31-45)37-17-9-3-10-18-37/h1-13,15-35H,14H2. The zero-order valence-electron chi connectivity index (χ0n) is 30.7. The quantitative estimate of drug-likeness (QED) is 0.171. The molecule has 0 bridgehead atoms. The topological polar surface area (TPSA) is 26.3 Å². The van der Waals surface area contributed by atoms with E-state index in [-0.39, 0.29) is 0 Å². The van der Waals surface area contributed by atoms with Crippen molar-refractivity contribution in [3.05, 3.63) is 206 Å². The molecule has 264 valence electrons. The largest absolute Gasteiger partial charge is 0.455 e. The van der Waals surface area contributed by atoms with Crippen molar-refractivity contribution in [1.29, 1.82) is 0 Å². The lowest BCUT2D eigenvalue weighted by molar-refractivity contribution is 0.658. The van der Waals surface area contributed by atoms with Crippen molar-refractivity contribution in [3.63, 3.8) is 0 Å². The first-order valence-electron chi connectivity index (χ1n) is 19.3. The molecule has 2 heteroatoms. The second kappa shape index (κ2) is 13.3. The number of allylic oxidation sites excluding steroid dienone is 4. The molecule has 1 aliphatic carbocycles. The van der Waals surface area contributed by atoms with Crippen LogP contribution in [0.1, 0.15) is 17.9 Å². The first-order valence-corrected chi connectivity index (χ1v) is 19.3. The summed E-state index contributed by atoms with van der Waals surface area (Å²) in [5, 5.41) is 4.42. The van der Waals surface area contributed by atoms with Crippen molar-refractivity contribution in [2.24, 2.45) is 0 Å². The molecule has 0 aliphatic heterocycles. The maximum atomic E-state index is 6.75. The Morgan fingerprint density at radius 3 is 1.39 bits per heavy atom. The number of fused-ring (bicyclic) bond motifs is 6.